The van der Waals surface area contributed by atoms with E-state index in [1.165, 1.54) is 21.0 Å². The summed E-state index contributed by atoms with van der Waals surface area (Å²) in [6.45, 7) is 5.14. The summed E-state index contributed by atoms with van der Waals surface area (Å²) in [6, 6.07) is 22.9. The number of amides is 2. The number of carbonyl (C=O) groups is 2. The van der Waals surface area contributed by atoms with Crippen LogP contribution in [-0.4, -0.2) is 73.9 Å². The van der Waals surface area contributed by atoms with E-state index in [9.17, 15) is 9.59 Å². The van der Waals surface area contributed by atoms with Gasteiger partial charge in [0.25, 0.3) is 0 Å². The van der Waals surface area contributed by atoms with Gasteiger partial charge in [-0.25, -0.2) is 9.97 Å². The van der Waals surface area contributed by atoms with E-state index in [0.717, 1.165) is 33.0 Å². The second-order valence-corrected chi connectivity index (χ2v) is 11.3. The Morgan fingerprint density at radius 1 is 0.509 bits per heavy atom. The van der Waals surface area contributed by atoms with E-state index in [0.29, 0.717) is 52.4 Å². The van der Waals surface area contributed by atoms with Gasteiger partial charge in [-0.05, 0) is 77.7 Å². The van der Waals surface area contributed by atoms with Crippen LogP contribution in [0.15, 0.2) is 72.8 Å². The van der Waals surface area contributed by atoms with E-state index in [-0.39, 0.29) is 23.7 Å². The smallest absolute Gasteiger partial charge is 0.233 e. The molecule has 2 N–H and O–H groups in total. The van der Waals surface area contributed by atoms with Crippen molar-refractivity contribution in [3.05, 3.63) is 72.8 Å². The van der Waals surface area contributed by atoms with Crippen molar-refractivity contribution in [2.24, 2.45) is 0 Å². The number of methoxy groups -OCH3 is 5. The summed E-state index contributed by atoms with van der Waals surface area (Å²) in [5, 5.41) is 6.68. The minimum atomic E-state index is -0.242. The van der Waals surface area contributed by atoms with Gasteiger partial charge in [-0.1, -0.05) is 24.3 Å². The maximum atomic E-state index is 11.3. The predicted molar refractivity (Wildman–Crippen MR) is 202 cm³/mol. The van der Waals surface area contributed by atoms with Crippen LogP contribution in [0, 0.1) is 0 Å². The SMILES string of the molecule is CCOc1nc(NC(C)=O)nc2ccc(-c3ccc(OC)c(OC)c3)cc12.COc1ccc(-c2ccc3nc(NC(C)=O)nc(OC)c3c2)cc1OC. The van der Waals surface area contributed by atoms with E-state index in [4.69, 9.17) is 28.4 Å². The molecule has 0 radical (unpaired) electrons. The van der Waals surface area contributed by atoms with Gasteiger partial charge < -0.3 is 28.4 Å². The number of fused-ring (bicyclic) bond motifs is 2. The monoisotopic (exact) mass is 720 g/mol. The van der Waals surface area contributed by atoms with Gasteiger partial charge in [-0.15, -0.1) is 0 Å². The molecule has 0 atom stereocenters. The molecule has 0 bridgehead atoms. The molecular weight excluding hydrogens is 680 g/mol. The van der Waals surface area contributed by atoms with Crippen LogP contribution in [0.1, 0.15) is 20.8 Å². The fourth-order valence-corrected chi connectivity index (χ4v) is 5.42. The lowest BCUT2D eigenvalue weighted by molar-refractivity contribution is -0.115. The Hall–Kier alpha value is -6.70. The molecule has 0 spiro atoms. The summed E-state index contributed by atoms with van der Waals surface area (Å²) in [4.78, 5) is 39.9. The molecule has 53 heavy (non-hydrogen) atoms. The first-order valence-corrected chi connectivity index (χ1v) is 16.4. The number of rotatable bonds is 11. The Morgan fingerprint density at radius 3 is 1.30 bits per heavy atom. The zero-order valence-corrected chi connectivity index (χ0v) is 30.7. The summed E-state index contributed by atoms with van der Waals surface area (Å²) in [6.07, 6.45) is 0. The molecule has 0 fully saturated rings. The lowest BCUT2D eigenvalue weighted by atomic mass is 10.0. The number of nitrogens with one attached hydrogen (secondary N) is 2. The first kappa shape index (κ1) is 37.6. The lowest BCUT2D eigenvalue weighted by Gasteiger charge is -2.12. The molecule has 0 aliphatic heterocycles. The summed E-state index contributed by atoms with van der Waals surface area (Å²) in [5.74, 6) is 3.39. The summed E-state index contributed by atoms with van der Waals surface area (Å²) in [5.41, 5.74) is 5.18. The van der Waals surface area contributed by atoms with E-state index >= 15 is 0 Å². The number of aromatic nitrogens is 4. The number of hydrogen-bond donors (Lipinski definition) is 2. The van der Waals surface area contributed by atoms with Gasteiger partial charge in [0.1, 0.15) is 0 Å². The Kier molecular flexibility index (Phi) is 12.1. The zero-order chi connectivity index (χ0) is 38.1. The fourth-order valence-electron chi connectivity index (χ4n) is 5.42. The van der Waals surface area contributed by atoms with Crippen molar-refractivity contribution < 1.29 is 38.0 Å². The standard InChI is InChI=1S/C20H21N3O4.C19H19N3O4/c1-5-27-19-15-10-13(14-7-9-17(25-3)18(11-14)26-4)6-8-16(15)22-20(23-19)21-12(2)24;1-11(23)20-19-21-15-7-5-12(9-14(15)18(22-19)26-4)13-6-8-16(24-2)17(10-13)25-3/h6-11H,5H2,1-4H3,(H,21,22,23,24);5-10H,1-4H3,(H,20,21,22,23). The second kappa shape index (κ2) is 17.0. The van der Waals surface area contributed by atoms with Crippen LogP contribution < -0.4 is 39.1 Å². The van der Waals surface area contributed by atoms with Crippen molar-refractivity contribution in [3.8, 4) is 57.0 Å². The highest BCUT2D eigenvalue weighted by atomic mass is 16.5. The first-order chi connectivity index (χ1) is 25.6. The summed E-state index contributed by atoms with van der Waals surface area (Å²) in [7, 11) is 7.94. The van der Waals surface area contributed by atoms with Crippen molar-refractivity contribution in [1.82, 2.24) is 19.9 Å². The number of anilines is 2. The molecule has 0 saturated heterocycles. The highest BCUT2D eigenvalue weighted by Crippen LogP contribution is 2.36. The molecule has 0 saturated carbocycles. The summed E-state index contributed by atoms with van der Waals surface area (Å²) < 4.78 is 32.4. The Bertz CT molecular complexity index is 2280. The van der Waals surface area contributed by atoms with Crippen LogP contribution in [0.25, 0.3) is 44.1 Å². The number of ether oxygens (including phenoxy) is 6. The Morgan fingerprint density at radius 2 is 0.906 bits per heavy atom. The van der Waals surface area contributed by atoms with E-state index in [1.54, 1.807) is 28.4 Å². The fraction of sp³-hybridized carbons (Fsp3) is 0.231. The van der Waals surface area contributed by atoms with Crippen LogP contribution in [0.5, 0.6) is 34.8 Å². The van der Waals surface area contributed by atoms with Gasteiger partial charge in [0.2, 0.25) is 35.5 Å². The van der Waals surface area contributed by atoms with Crippen molar-refractivity contribution in [2.75, 3.05) is 52.8 Å². The highest BCUT2D eigenvalue weighted by Gasteiger charge is 2.14. The third kappa shape index (κ3) is 8.79. The highest BCUT2D eigenvalue weighted by molar-refractivity contribution is 5.93. The average molecular weight is 721 g/mol. The van der Waals surface area contributed by atoms with Crippen molar-refractivity contribution in [2.45, 2.75) is 20.8 Å². The molecule has 0 aliphatic rings. The van der Waals surface area contributed by atoms with Gasteiger partial charge in [0.05, 0.1) is 64.0 Å². The molecule has 14 heteroatoms. The molecule has 14 nitrogen and oxygen atoms in total. The van der Waals surface area contributed by atoms with Crippen LogP contribution in [0.4, 0.5) is 11.9 Å². The van der Waals surface area contributed by atoms with Gasteiger partial charge in [0, 0.05) is 13.8 Å². The van der Waals surface area contributed by atoms with Crippen molar-refractivity contribution >= 4 is 45.5 Å². The van der Waals surface area contributed by atoms with Gasteiger partial charge >= 0.3 is 0 Å². The van der Waals surface area contributed by atoms with Crippen LogP contribution in [0.3, 0.4) is 0 Å². The molecule has 274 valence electrons. The quantitative estimate of drug-likeness (QED) is 0.142. The molecule has 2 heterocycles. The first-order valence-electron chi connectivity index (χ1n) is 16.4. The van der Waals surface area contributed by atoms with Crippen LogP contribution in [0.2, 0.25) is 0 Å². The second-order valence-electron chi connectivity index (χ2n) is 11.3. The lowest BCUT2D eigenvalue weighted by Crippen LogP contribution is -2.10. The third-order valence-corrected chi connectivity index (χ3v) is 7.81. The topological polar surface area (TPSA) is 165 Å². The van der Waals surface area contributed by atoms with Gasteiger partial charge in [-0.2, -0.15) is 9.97 Å². The maximum absolute atomic E-state index is 11.3. The van der Waals surface area contributed by atoms with E-state index in [1.807, 2.05) is 79.7 Å². The van der Waals surface area contributed by atoms with E-state index < -0.39 is 0 Å². The number of hydrogen-bond acceptors (Lipinski definition) is 12. The molecule has 0 unspecified atom stereocenters. The van der Waals surface area contributed by atoms with Crippen molar-refractivity contribution in [1.29, 1.82) is 0 Å². The Labute approximate surface area is 306 Å². The van der Waals surface area contributed by atoms with Gasteiger partial charge in [0.15, 0.2) is 23.0 Å². The zero-order valence-electron chi connectivity index (χ0n) is 30.7. The molecule has 0 aliphatic carbocycles. The average Bonchev–Trinajstić information content (AvgIpc) is 3.16. The minimum Gasteiger partial charge on any atom is -0.493 e. The number of carbonyl (C=O) groups excluding carboxylic acids is 2. The predicted octanol–water partition coefficient (Wildman–Crippen LogP) is 6.95. The number of nitrogens with zero attached hydrogens (tertiary/aromatic N) is 4. The molecule has 2 amide bonds. The maximum Gasteiger partial charge on any atom is 0.233 e. The van der Waals surface area contributed by atoms with Crippen LogP contribution >= 0.6 is 0 Å². The number of benzene rings is 4. The normalized spacial score (nSPS) is 10.5. The molecule has 6 rings (SSSR count). The van der Waals surface area contributed by atoms with Crippen LogP contribution in [-0.2, 0) is 9.59 Å². The minimum absolute atomic E-state index is 0.209. The molecular formula is C39H40N6O8. The Balaban J connectivity index is 0.000000204. The van der Waals surface area contributed by atoms with Crippen molar-refractivity contribution in [3.63, 3.8) is 0 Å². The van der Waals surface area contributed by atoms with E-state index in [2.05, 4.69) is 30.6 Å². The molecule has 2 aromatic heterocycles. The summed E-state index contributed by atoms with van der Waals surface area (Å²) >= 11 is 0. The van der Waals surface area contributed by atoms with Gasteiger partial charge in [-0.3, -0.25) is 20.2 Å². The molecule has 6 aromatic rings. The molecule has 4 aromatic carbocycles. The third-order valence-electron chi connectivity index (χ3n) is 7.81. The largest absolute Gasteiger partial charge is 0.493 e.